The minimum atomic E-state index is -0.310. The van der Waals surface area contributed by atoms with Gasteiger partial charge < -0.3 is 4.74 Å². The summed E-state index contributed by atoms with van der Waals surface area (Å²) in [7, 11) is 0. The molecule has 0 bridgehead atoms. The van der Waals surface area contributed by atoms with Crippen LogP contribution in [0.5, 0.6) is 0 Å². The molecule has 0 aliphatic carbocycles. The lowest BCUT2D eigenvalue weighted by atomic mass is 10.00. The summed E-state index contributed by atoms with van der Waals surface area (Å²) in [6.07, 6.45) is 3.91. The van der Waals surface area contributed by atoms with Gasteiger partial charge in [-0.1, -0.05) is 15.9 Å². The molecule has 1 saturated heterocycles. The van der Waals surface area contributed by atoms with Crippen molar-refractivity contribution in [3.8, 4) is 0 Å². The van der Waals surface area contributed by atoms with Crippen LogP contribution in [0.3, 0.4) is 0 Å². The molecule has 1 aromatic rings. The Morgan fingerprint density at radius 1 is 1.44 bits per heavy atom. The van der Waals surface area contributed by atoms with Crippen molar-refractivity contribution in [2.45, 2.75) is 38.2 Å². The number of ether oxygens (including phenoxy) is 1. The first-order valence-corrected chi connectivity index (χ1v) is 7.01. The van der Waals surface area contributed by atoms with Gasteiger partial charge in [0.25, 0.3) is 0 Å². The van der Waals surface area contributed by atoms with Crippen LogP contribution in [0.1, 0.15) is 31.2 Å². The molecule has 2 nitrogen and oxygen atoms in total. The molecule has 4 heteroatoms. The van der Waals surface area contributed by atoms with Gasteiger partial charge in [0.15, 0.2) is 0 Å². The van der Waals surface area contributed by atoms with E-state index in [4.69, 9.17) is 4.74 Å². The smallest absolute Gasteiger partial charge is 0.139 e. The Bertz CT molecular complexity index is 428. The molecule has 1 aliphatic heterocycles. The first-order valence-electron chi connectivity index (χ1n) is 6.22. The maximum Gasteiger partial charge on any atom is 0.139 e. The summed E-state index contributed by atoms with van der Waals surface area (Å²) in [6.45, 7) is 0.752. The van der Waals surface area contributed by atoms with E-state index in [1.165, 1.54) is 12.1 Å². The average Bonchev–Trinajstić information content (AvgIpc) is 2.35. The topological polar surface area (TPSA) is 26.3 Å². The third-order valence-corrected chi connectivity index (χ3v) is 3.90. The van der Waals surface area contributed by atoms with Crippen LogP contribution < -0.4 is 0 Å². The van der Waals surface area contributed by atoms with Gasteiger partial charge in [0.2, 0.25) is 0 Å². The van der Waals surface area contributed by atoms with Crippen molar-refractivity contribution in [3.63, 3.8) is 0 Å². The molecule has 0 spiro atoms. The van der Waals surface area contributed by atoms with E-state index < -0.39 is 0 Å². The molecule has 0 radical (unpaired) electrons. The number of benzene rings is 1. The monoisotopic (exact) mass is 314 g/mol. The van der Waals surface area contributed by atoms with Crippen molar-refractivity contribution < 1.29 is 13.9 Å². The molecule has 1 atom stereocenters. The van der Waals surface area contributed by atoms with Crippen molar-refractivity contribution in [2.75, 3.05) is 6.61 Å². The molecule has 1 heterocycles. The molecule has 0 saturated carbocycles. The number of carbonyl (C=O) groups excluding carboxylic acids is 1. The minimum absolute atomic E-state index is 0.0542. The first-order chi connectivity index (χ1) is 8.65. The molecule has 0 N–H and O–H groups in total. The van der Waals surface area contributed by atoms with Crippen LogP contribution in [0.25, 0.3) is 0 Å². The summed E-state index contributed by atoms with van der Waals surface area (Å²) in [6, 6.07) is 4.42. The molecule has 18 heavy (non-hydrogen) atoms. The summed E-state index contributed by atoms with van der Waals surface area (Å²) < 4.78 is 19.4. The number of ketones is 1. The molecule has 1 aromatic carbocycles. The third kappa shape index (κ3) is 3.89. The summed E-state index contributed by atoms with van der Waals surface area (Å²) in [5.74, 6) is -0.205. The lowest BCUT2D eigenvalue weighted by Crippen LogP contribution is -2.23. The van der Waals surface area contributed by atoms with E-state index in [0.29, 0.717) is 12.0 Å². The standard InChI is InChI=1S/C14H16BrFO2/c15-14-5-4-11(16)7-10(14)8-12(17)9-13-3-1-2-6-18-13/h4-5,7,13H,1-3,6,8-9H2. The Balaban J connectivity index is 1.92. The second-order valence-electron chi connectivity index (χ2n) is 4.64. The predicted molar refractivity (Wildman–Crippen MR) is 71.0 cm³/mol. The molecule has 0 aromatic heterocycles. The molecule has 2 rings (SSSR count). The average molecular weight is 315 g/mol. The number of hydrogen-bond acceptors (Lipinski definition) is 2. The van der Waals surface area contributed by atoms with Crippen molar-refractivity contribution >= 4 is 21.7 Å². The Kier molecular flexibility index (Phi) is 4.89. The second kappa shape index (κ2) is 6.43. The zero-order valence-electron chi connectivity index (χ0n) is 10.1. The lowest BCUT2D eigenvalue weighted by Gasteiger charge is -2.21. The zero-order valence-corrected chi connectivity index (χ0v) is 11.7. The summed E-state index contributed by atoms with van der Waals surface area (Å²) in [4.78, 5) is 11.9. The molecule has 1 unspecified atom stereocenters. The van der Waals surface area contributed by atoms with E-state index in [2.05, 4.69) is 15.9 Å². The van der Waals surface area contributed by atoms with Gasteiger partial charge in [-0.15, -0.1) is 0 Å². The molecule has 1 aliphatic rings. The zero-order chi connectivity index (χ0) is 13.0. The van der Waals surface area contributed by atoms with Crippen LogP contribution in [0.15, 0.2) is 22.7 Å². The molecular formula is C14H16BrFO2. The van der Waals surface area contributed by atoms with Crippen molar-refractivity contribution in [1.82, 2.24) is 0 Å². The number of Topliss-reactive ketones (excluding diaryl/α,β-unsaturated/α-hetero) is 1. The van der Waals surface area contributed by atoms with E-state index in [0.717, 1.165) is 30.3 Å². The molecule has 1 fully saturated rings. The Morgan fingerprint density at radius 2 is 2.28 bits per heavy atom. The highest BCUT2D eigenvalue weighted by molar-refractivity contribution is 9.10. The summed E-state index contributed by atoms with van der Waals surface area (Å²) in [5, 5.41) is 0. The fraction of sp³-hybridized carbons (Fsp3) is 0.500. The van der Waals surface area contributed by atoms with Gasteiger partial charge in [0.1, 0.15) is 11.6 Å². The second-order valence-corrected chi connectivity index (χ2v) is 5.50. The SMILES string of the molecule is O=C(Cc1cc(F)ccc1Br)CC1CCCCO1. The van der Waals surface area contributed by atoms with E-state index in [1.807, 2.05) is 0 Å². The van der Waals surface area contributed by atoms with Gasteiger partial charge in [0.05, 0.1) is 6.10 Å². The Hall–Kier alpha value is -0.740. The van der Waals surface area contributed by atoms with Crippen LogP contribution in [-0.4, -0.2) is 18.5 Å². The highest BCUT2D eigenvalue weighted by Gasteiger charge is 2.18. The summed E-state index contributed by atoms with van der Waals surface area (Å²) in [5.41, 5.74) is 0.704. The van der Waals surface area contributed by atoms with E-state index >= 15 is 0 Å². The fourth-order valence-corrected chi connectivity index (χ4v) is 2.57. The maximum absolute atomic E-state index is 13.1. The van der Waals surface area contributed by atoms with Crippen LogP contribution in [0, 0.1) is 5.82 Å². The van der Waals surface area contributed by atoms with Gasteiger partial charge in [-0.3, -0.25) is 4.79 Å². The van der Waals surface area contributed by atoms with Crippen LogP contribution in [-0.2, 0) is 16.0 Å². The van der Waals surface area contributed by atoms with E-state index in [-0.39, 0.29) is 24.1 Å². The molecular weight excluding hydrogens is 299 g/mol. The van der Waals surface area contributed by atoms with Crippen LogP contribution in [0.4, 0.5) is 4.39 Å². The van der Waals surface area contributed by atoms with Crippen molar-refractivity contribution in [2.24, 2.45) is 0 Å². The number of halogens is 2. The van der Waals surface area contributed by atoms with E-state index in [1.54, 1.807) is 6.07 Å². The normalized spacial score (nSPS) is 19.8. The first kappa shape index (κ1) is 13.7. The Labute approximate surface area is 115 Å². The predicted octanol–water partition coefficient (Wildman–Crippen LogP) is 3.66. The van der Waals surface area contributed by atoms with Gasteiger partial charge >= 0.3 is 0 Å². The highest BCUT2D eigenvalue weighted by Crippen LogP contribution is 2.21. The quantitative estimate of drug-likeness (QED) is 0.847. The number of rotatable bonds is 4. The number of carbonyl (C=O) groups is 1. The van der Waals surface area contributed by atoms with Crippen LogP contribution in [0.2, 0.25) is 0 Å². The van der Waals surface area contributed by atoms with Gasteiger partial charge in [-0.2, -0.15) is 0 Å². The van der Waals surface area contributed by atoms with Crippen molar-refractivity contribution in [3.05, 3.63) is 34.1 Å². The maximum atomic E-state index is 13.1. The van der Waals surface area contributed by atoms with Gasteiger partial charge in [-0.25, -0.2) is 4.39 Å². The summed E-state index contributed by atoms with van der Waals surface area (Å²) >= 11 is 3.33. The molecule has 98 valence electrons. The largest absolute Gasteiger partial charge is 0.378 e. The van der Waals surface area contributed by atoms with Gasteiger partial charge in [0, 0.05) is 23.9 Å². The highest BCUT2D eigenvalue weighted by atomic mass is 79.9. The van der Waals surface area contributed by atoms with Crippen LogP contribution >= 0.6 is 15.9 Å². The van der Waals surface area contributed by atoms with Gasteiger partial charge in [-0.05, 0) is 43.0 Å². The molecule has 0 amide bonds. The Morgan fingerprint density at radius 3 is 3.00 bits per heavy atom. The third-order valence-electron chi connectivity index (χ3n) is 3.12. The van der Waals surface area contributed by atoms with E-state index in [9.17, 15) is 9.18 Å². The lowest BCUT2D eigenvalue weighted by molar-refractivity contribution is -0.122. The fourth-order valence-electron chi connectivity index (χ4n) is 2.19. The minimum Gasteiger partial charge on any atom is -0.378 e. The number of hydrogen-bond donors (Lipinski definition) is 0. The van der Waals surface area contributed by atoms with Crippen molar-refractivity contribution in [1.29, 1.82) is 0 Å².